The molecule has 1 heterocycles. The van der Waals surface area contributed by atoms with Gasteiger partial charge in [-0.2, -0.15) is 8.42 Å². The highest BCUT2D eigenvalue weighted by molar-refractivity contribution is 7.90. The number of benzene rings is 2. The second-order valence-electron chi connectivity index (χ2n) is 7.20. The van der Waals surface area contributed by atoms with Crippen molar-refractivity contribution < 1.29 is 26.5 Å². The number of carbonyl (C=O) groups is 1. The molecule has 2 aromatic carbocycles. The lowest BCUT2D eigenvalue weighted by molar-refractivity contribution is -0.126. The van der Waals surface area contributed by atoms with E-state index in [1.807, 2.05) is 0 Å². The van der Waals surface area contributed by atoms with Crippen LogP contribution in [-0.4, -0.2) is 37.7 Å². The molecule has 0 saturated carbocycles. The summed E-state index contributed by atoms with van der Waals surface area (Å²) in [6.07, 6.45) is 0. The standard InChI is InChI=1S/C17H16B3ClFNO5S/c18-16(11-7-6-10(22)8-12(11)21)14(24)13(15(23)27-16)28-29(25,26)17(19,20)9-4-2-1-3-5-9/h1-8H,18-20,23H2. The molecule has 1 aliphatic heterocycles. The highest BCUT2D eigenvalue weighted by Gasteiger charge is 2.51. The van der Waals surface area contributed by atoms with Gasteiger partial charge in [-0.15, -0.1) is 0 Å². The highest BCUT2D eigenvalue weighted by atomic mass is 35.5. The Balaban J connectivity index is 1.96. The fourth-order valence-electron chi connectivity index (χ4n) is 2.97. The predicted molar refractivity (Wildman–Crippen MR) is 114 cm³/mol. The van der Waals surface area contributed by atoms with Crippen molar-refractivity contribution >= 4 is 51.0 Å². The van der Waals surface area contributed by atoms with Gasteiger partial charge in [-0.25, -0.2) is 4.39 Å². The largest absolute Gasteiger partial charge is 0.467 e. The lowest BCUT2D eigenvalue weighted by Gasteiger charge is -2.26. The average Bonchev–Trinajstić information content (AvgIpc) is 2.85. The van der Waals surface area contributed by atoms with Crippen LogP contribution in [0.15, 0.2) is 60.2 Å². The van der Waals surface area contributed by atoms with Gasteiger partial charge >= 0.3 is 10.1 Å². The lowest BCUT2D eigenvalue weighted by Crippen LogP contribution is -2.40. The van der Waals surface area contributed by atoms with Crippen LogP contribution in [0.2, 0.25) is 5.02 Å². The van der Waals surface area contributed by atoms with Gasteiger partial charge < -0.3 is 14.7 Å². The maximum Gasteiger partial charge on any atom is 0.304 e. The van der Waals surface area contributed by atoms with Crippen LogP contribution in [0.25, 0.3) is 0 Å². The fraction of sp³-hybridized carbons (Fsp3) is 0.118. The van der Waals surface area contributed by atoms with Crippen molar-refractivity contribution in [3.8, 4) is 0 Å². The summed E-state index contributed by atoms with van der Waals surface area (Å²) in [5.41, 5.74) is 4.63. The summed E-state index contributed by atoms with van der Waals surface area (Å²) in [5, 5.41) is -0.0672. The summed E-state index contributed by atoms with van der Waals surface area (Å²) >= 11 is 6.06. The highest BCUT2D eigenvalue weighted by Crippen LogP contribution is 2.40. The minimum Gasteiger partial charge on any atom is -0.467 e. The zero-order chi connectivity index (χ0) is 21.6. The van der Waals surface area contributed by atoms with Crippen molar-refractivity contribution in [2.45, 2.75) is 10.0 Å². The first-order valence-electron chi connectivity index (χ1n) is 8.59. The van der Waals surface area contributed by atoms with Crippen molar-refractivity contribution in [1.82, 2.24) is 0 Å². The van der Waals surface area contributed by atoms with Crippen molar-refractivity contribution in [3.05, 3.63) is 82.1 Å². The number of hydrogen-bond acceptors (Lipinski definition) is 6. The van der Waals surface area contributed by atoms with Gasteiger partial charge in [0.25, 0.3) is 0 Å². The minimum atomic E-state index is -4.34. The van der Waals surface area contributed by atoms with Crippen molar-refractivity contribution in [2.75, 3.05) is 0 Å². The van der Waals surface area contributed by atoms with E-state index in [1.165, 1.54) is 29.6 Å². The van der Waals surface area contributed by atoms with E-state index < -0.39 is 43.4 Å². The van der Waals surface area contributed by atoms with Crippen LogP contribution in [0.5, 0.6) is 0 Å². The van der Waals surface area contributed by atoms with Crippen molar-refractivity contribution in [1.29, 1.82) is 0 Å². The topological polar surface area (TPSA) is 95.7 Å². The second kappa shape index (κ2) is 7.14. The molecule has 0 spiro atoms. The first kappa shape index (κ1) is 21.3. The first-order valence-corrected chi connectivity index (χ1v) is 10.4. The molecule has 148 valence electrons. The molecule has 29 heavy (non-hydrogen) atoms. The summed E-state index contributed by atoms with van der Waals surface area (Å²) in [6.45, 7) is 0. The second-order valence-corrected chi connectivity index (χ2v) is 9.70. The summed E-state index contributed by atoms with van der Waals surface area (Å²) in [4.78, 5) is 13.0. The summed E-state index contributed by atoms with van der Waals surface area (Å²) < 4.78 is 48.4. The van der Waals surface area contributed by atoms with Crippen LogP contribution in [0, 0.1) is 5.82 Å². The third kappa shape index (κ3) is 3.53. The number of halogens is 2. The fourth-order valence-corrected chi connectivity index (χ4v) is 4.33. The van der Waals surface area contributed by atoms with E-state index in [0.717, 1.165) is 12.1 Å². The Morgan fingerprint density at radius 3 is 2.38 bits per heavy atom. The maximum atomic E-state index is 13.4. The number of hydrogen-bond donors (Lipinski definition) is 1. The molecule has 1 aliphatic rings. The van der Waals surface area contributed by atoms with Gasteiger partial charge in [-0.05, 0) is 17.7 Å². The smallest absolute Gasteiger partial charge is 0.304 e. The van der Waals surface area contributed by atoms with Crippen molar-refractivity contribution in [3.63, 3.8) is 0 Å². The van der Waals surface area contributed by atoms with E-state index in [0.29, 0.717) is 5.56 Å². The van der Waals surface area contributed by atoms with Gasteiger partial charge in [0.1, 0.15) is 21.5 Å². The zero-order valence-corrected chi connectivity index (χ0v) is 17.5. The molecule has 12 heteroatoms. The predicted octanol–water partition coefficient (Wildman–Crippen LogP) is -0.585. The van der Waals surface area contributed by atoms with E-state index in [-0.39, 0.29) is 10.6 Å². The molecular formula is C17H16B3ClFNO5S. The Hall–Kier alpha value is -2.39. The van der Waals surface area contributed by atoms with Gasteiger partial charge in [0.15, 0.2) is 13.3 Å². The summed E-state index contributed by atoms with van der Waals surface area (Å²) in [6, 6.07) is 11.8. The molecule has 0 amide bonds. The Bertz CT molecular complexity index is 1130. The third-order valence-electron chi connectivity index (χ3n) is 4.91. The van der Waals surface area contributed by atoms with E-state index in [1.54, 1.807) is 30.3 Å². The Kier molecular flexibility index (Phi) is 5.25. The molecular weight excluding hydrogens is 417 g/mol. The van der Waals surface area contributed by atoms with Crippen molar-refractivity contribution in [2.24, 2.45) is 5.73 Å². The van der Waals surface area contributed by atoms with Crippen LogP contribution in [-0.2, 0) is 33.9 Å². The van der Waals surface area contributed by atoms with E-state index >= 15 is 0 Å². The van der Waals surface area contributed by atoms with Gasteiger partial charge in [-0.3, -0.25) is 4.79 Å². The Morgan fingerprint density at radius 2 is 1.79 bits per heavy atom. The normalized spacial score (nSPS) is 19.9. The maximum absolute atomic E-state index is 13.4. The SMILES string of the molecule is BC1(c2ccc(F)cc2Cl)OC(N)=C(OS(=O)(=O)C(B)(B)c2ccccc2)C1=O. The van der Waals surface area contributed by atoms with Gasteiger partial charge in [0, 0.05) is 5.56 Å². The van der Waals surface area contributed by atoms with Crippen LogP contribution in [0.1, 0.15) is 11.1 Å². The molecule has 0 aromatic heterocycles. The van der Waals surface area contributed by atoms with Gasteiger partial charge in [-0.1, -0.05) is 48.0 Å². The number of ketones is 1. The molecule has 6 nitrogen and oxygen atoms in total. The number of rotatable bonds is 5. The Morgan fingerprint density at radius 1 is 1.17 bits per heavy atom. The number of carbonyl (C=O) groups excluding carboxylic acids is 1. The van der Waals surface area contributed by atoms with Crippen LogP contribution < -0.4 is 5.73 Å². The van der Waals surface area contributed by atoms with Gasteiger partial charge in [0.05, 0.1) is 9.57 Å². The molecule has 1 atom stereocenters. The molecule has 1 unspecified atom stereocenters. The number of ether oxygens (including phenoxy) is 1. The molecule has 0 radical (unpaired) electrons. The number of Topliss-reactive ketones (excluding diaryl/α,β-unsaturated/α-hetero) is 1. The molecule has 2 aromatic rings. The van der Waals surface area contributed by atoms with Gasteiger partial charge in [0.2, 0.25) is 17.4 Å². The summed E-state index contributed by atoms with van der Waals surface area (Å²) in [7, 11) is -0.0909. The average molecular weight is 433 g/mol. The molecule has 3 rings (SSSR count). The molecule has 0 saturated heterocycles. The Labute approximate surface area is 175 Å². The molecule has 0 bridgehead atoms. The van der Waals surface area contributed by atoms with Crippen LogP contribution >= 0.6 is 11.6 Å². The van der Waals surface area contributed by atoms with E-state index in [9.17, 15) is 17.6 Å². The number of nitrogens with two attached hydrogens (primary N) is 1. The third-order valence-corrected chi connectivity index (χ3v) is 7.09. The quantitative estimate of drug-likeness (QED) is 0.501. The molecule has 0 aliphatic carbocycles. The van der Waals surface area contributed by atoms with Crippen LogP contribution in [0.4, 0.5) is 4.39 Å². The minimum absolute atomic E-state index is 0.0672. The molecule has 0 fully saturated rings. The monoisotopic (exact) mass is 433 g/mol. The zero-order valence-electron chi connectivity index (χ0n) is 15.9. The lowest BCUT2D eigenvalue weighted by atomic mass is 9.65. The van der Waals surface area contributed by atoms with Crippen LogP contribution in [0.3, 0.4) is 0 Å². The van der Waals surface area contributed by atoms with E-state index in [4.69, 9.17) is 26.3 Å². The summed E-state index contributed by atoms with van der Waals surface area (Å²) in [5.74, 6) is -2.57. The first-order chi connectivity index (χ1) is 13.4. The van der Waals surface area contributed by atoms with E-state index in [2.05, 4.69) is 0 Å². The molecule has 2 N–H and O–H groups in total.